The number of amides is 1. The molecule has 2 aromatic rings. The monoisotopic (exact) mass is 410 g/mol. The topological polar surface area (TPSA) is 79.6 Å². The fourth-order valence-electron chi connectivity index (χ4n) is 2.69. The van der Waals surface area contributed by atoms with Gasteiger partial charge in [0.2, 0.25) is 16.6 Å². The van der Waals surface area contributed by atoms with E-state index in [-0.39, 0.29) is 28.1 Å². The summed E-state index contributed by atoms with van der Waals surface area (Å²) in [4.78, 5) is 12.4. The highest BCUT2D eigenvalue weighted by atomic mass is 35.5. The normalized spacial score (nSPS) is 15.5. The molecule has 144 valence electrons. The maximum Gasteiger partial charge on any atom is 0.290 e. The van der Waals surface area contributed by atoms with Gasteiger partial charge in [-0.3, -0.25) is 4.79 Å². The fraction of sp³-hybridized carbons (Fsp3) is 0.333. The Hall–Kier alpha value is -2.00. The number of carbonyl (C=O) groups excluding carboxylic acids is 1. The lowest BCUT2D eigenvalue weighted by atomic mass is 10.3. The van der Waals surface area contributed by atoms with Crippen molar-refractivity contribution in [3.63, 3.8) is 0 Å². The summed E-state index contributed by atoms with van der Waals surface area (Å²) in [6, 6.07) is 8.11. The van der Waals surface area contributed by atoms with Crippen LogP contribution in [0.3, 0.4) is 0 Å². The van der Waals surface area contributed by atoms with E-state index >= 15 is 0 Å². The summed E-state index contributed by atoms with van der Waals surface area (Å²) in [5.74, 6) is -0.299. The quantitative estimate of drug-likeness (QED) is 0.759. The Kier molecular flexibility index (Phi) is 6.11. The lowest BCUT2D eigenvalue weighted by Gasteiger charge is -2.26. The number of pyridine rings is 1. The van der Waals surface area contributed by atoms with Crippen LogP contribution < -0.4 is 9.88 Å². The SMILES string of the molecule is Cc1cc[n+](CC(=O)Nc2cc(S(=O)(=O)N3CCOCC3)ccc2Cl)cc1. The maximum absolute atomic E-state index is 12.8. The molecule has 7 nitrogen and oxygen atoms in total. The van der Waals surface area contributed by atoms with E-state index in [1.807, 2.05) is 19.1 Å². The molecule has 0 atom stereocenters. The fourth-order valence-corrected chi connectivity index (χ4v) is 4.29. The first-order chi connectivity index (χ1) is 12.9. The van der Waals surface area contributed by atoms with Crippen LogP contribution in [-0.2, 0) is 26.1 Å². The van der Waals surface area contributed by atoms with Crippen molar-refractivity contribution in [3.05, 3.63) is 53.3 Å². The Morgan fingerprint density at radius 3 is 2.56 bits per heavy atom. The Labute approximate surface area is 163 Å². The van der Waals surface area contributed by atoms with Gasteiger partial charge >= 0.3 is 0 Å². The van der Waals surface area contributed by atoms with Crippen molar-refractivity contribution in [2.24, 2.45) is 0 Å². The van der Waals surface area contributed by atoms with E-state index in [1.54, 1.807) is 17.0 Å². The average Bonchev–Trinajstić information content (AvgIpc) is 2.66. The zero-order valence-corrected chi connectivity index (χ0v) is 16.5. The minimum Gasteiger partial charge on any atom is -0.379 e. The summed E-state index contributed by atoms with van der Waals surface area (Å²) < 4.78 is 33.8. The summed E-state index contributed by atoms with van der Waals surface area (Å²) in [7, 11) is -3.66. The van der Waals surface area contributed by atoms with Crippen molar-refractivity contribution in [2.45, 2.75) is 18.4 Å². The number of morpholine rings is 1. The molecule has 0 aliphatic carbocycles. The number of benzene rings is 1. The standard InChI is InChI=1S/C18H20ClN3O4S/c1-14-4-6-21(7-5-14)13-18(23)20-17-12-15(2-3-16(17)19)27(24,25)22-8-10-26-11-9-22/h2-7,12H,8-11,13H2,1H3/p+1. The molecule has 1 saturated heterocycles. The zero-order valence-electron chi connectivity index (χ0n) is 14.9. The maximum atomic E-state index is 12.8. The smallest absolute Gasteiger partial charge is 0.290 e. The molecule has 1 aliphatic rings. The van der Waals surface area contributed by atoms with Gasteiger partial charge in [0.1, 0.15) is 0 Å². The third kappa shape index (κ3) is 4.84. The molecule has 0 unspecified atom stereocenters. The van der Waals surface area contributed by atoms with Gasteiger partial charge in [-0.2, -0.15) is 8.87 Å². The van der Waals surface area contributed by atoms with Crippen molar-refractivity contribution in [1.29, 1.82) is 0 Å². The van der Waals surface area contributed by atoms with Crippen molar-refractivity contribution in [3.8, 4) is 0 Å². The first-order valence-corrected chi connectivity index (χ1v) is 10.3. The van der Waals surface area contributed by atoms with Crippen LogP contribution in [0.4, 0.5) is 5.69 Å². The van der Waals surface area contributed by atoms with Gasteiger partial charge in [0, 0.05) is 25.2 Å². The molecule has 0 saturated carbocycles. The van der Waals surface area contributed by atoms with Crippen LogP contribution in [0.25, 0.3) is 0 Å². The van der Waals surface area contributed by atoms with Crippen molar-refractivity contribution < 1.29 is 22.5 Å². The van der Waals surface area contributed by atoms with E-state index in [0.29, 0.717) is 26.3 Å². The Bertz CT molecular complexity index is 926. The lowest BCUT2D eigenvalue weighted by Crippen LogP contribution is -2.40. The predicted molar refractivity (Wildman–Crippen MR) is 101 cm³/mol. The van der Waals surface area contributed by atoms with Crippen LogP contribution in [0.1, 0.15) is 5.56 Å². The van der Waals surface area contributed by atoms with Crippen LogP contribution in [0, 0.1) is 6.92 Å². The molecule has 3 rings (SSSR count). The van der Waals surface area contributed by atoms with E-state index in [1.165, 1.54) is 22.5 Å². The van der Waals surface area contributed by atoms with Gasteiger partial charge in [0.25, 0.3) is 5.91 Å². The molecule has 1 aromatic heterocycles. The van der Waals surface area contributed by atoms with Gasteiger partial charge in [0.05, 0.1) is 28.8 Å². The summed E-state index contributed by atoms with van der Waals surface area (Å²) >= 11 is 6.15. The van der Waals surface area contributed by atoms with Gasteiger partial charge in [-0.05, 0) is 30.7 Å². The minimum absolute atomic E-state index is 0.0899. The number of hydrogen-bond donors (Lipinski definition) is 1. The van der Waals surface area contributed by atoms with Crippen LogP contribution in [0.15, 0.2) is 47.6 Å². The second kappa shape index (κ2) is 8.35. The molecular formula is C18H21ClN3O4S+. The summed E-state index contributed by atoms with van der Waals surface area (Å²) in [5, 5.41) is 2.97. The van der Waals surface area contributed by atoms with E-state index in [9.17, 15) is 13.2 Å². The molecule has 0 radical (unpaired) electrons. The second-order valence-electron chi connectivity index (χ2n) is 6.25. The van der Waals surface area contributed by atoms with E-state index in [0.717, 1.165) is 5.56 Å². The van der Waals surface area contributed by atoms with E-state index in [4.69, 9.17) is 16.3 Å². The number of ether oxygens (including phenoxy) is 1. The van der Waals surface area contributed by atoms with E-state index in [2.05, 4.69) is 5.32 Å². The second-order valence-corrected chi connectivity index (χ2v) is 8.60. The first-order valence-electron chi connectivity index (χ1n) is 8.49. The van der Waals surface area contributed by atoms with Crippen molar-refractivity contribution >= 4 is 33.2 Å². The number of carbonyl (C=O) groups is 1. The molecule has 1 amide bonds. The molecule has 1 N–H and O–H groups in total. The van der Waals surface area contributed by atoms with Gasteiger partial charge in [-0.1, -0.05) is 11.6 Å². The number of nitrogens with zero attached hydrogens (tertiary/aromatic N) is 2. The highest BCUT2D eigenvalue weighted by Crippen LogP contribution is 2.27. The molecule has 2 heterocycles. The van der Waals surface area contributed by atoms with Crippen LogP contribution in [0.2, 0.25) is 5.02 Å². The number of nitrogens with one attached hydrogen (secondary N) is 1. The number of anilines is 1. The number of sulfonamides is 1. The number of rotatable bonds is 5. The predicted octanol–water partition coefficient (Wildman–Crippen LogP) is 1.60. The summed E-state index contributed by atoms with van der Waals surface area (Å²) in [6.45, 7) is 3.39. The summed E-state index contributed by atoms with van der Waals surface area (Å²) in [6.07, 6.45) is 3.60. The number of hydrogen-bond acceptors (Lipinski definition) is 4. The lowest BCUT2D eigenvalue weighted by molar-refractivity contribution is -0.684. The third-order valence-electron chi connectivity index (χ3n) is 4.20. The minimum atomic E-state index is -3.66. The first kappa shape index (κ1) is 19.8. The van der Waals surface area contributed by atoms with Crippen molar-refractivity contribution in [2.75, 3.05) is 31.6 Å². The number of halogens is 1. The average molecular weight is 411 g/mol. The molecule has 9 heteroatoms. The molecule has 1 aromatic carbocycles. The van der Waals surface area contributed by atoms with Gasteiger partial charge in [-0.25, -0.2) is 8.42 Å². The van der Waals surface area contributed by atoms with Crippen LogP contribution >= 0.6 is 11.6 Å². The molecule has 1 fully saturated rings. The summed E-state index contributed by atoms with van der Waals surface area (Å²) in [5.41, 5.74) is 1.36. The Morgan fingerprint density at radius 1 is 1.22 bits per heavy atom. The molecule has 0 spiro atoms. The Morgan fingerprint density at radius 2 is 1.89 bits per heavy atom. The van der Waals surface area contributed by atoms with Gasteiger partial charge in [-0.15, -0.1) is 0 Å². The molecular weight excluding hydrogens is 390 g/mol. The Balaban J connectivity index is 1.76. The molecule has 27 heavy (non-hydrogen) atoms. The van der Waals surface area contributed by atoms with E-state index < -0.39 is 10.0 Å². The van der Waals surface area contributed by atoms with Gasteiger partial charge in [0.15, 0.2) is 12.4 Å². The highest BCUT2D eigenvalue weighted by Gasteiger charge is 2.27. The zero-order chi connectivity index (χ0) is 19.4. The van der Waals surface area contributed by atoms with Crippen LogP contribution in [-0.4, -0.2) is 44.9 Å². The van der Waals surface area contributed by atoms with Crippen molar-refractivity contribution in [1.82, 2.24) is 4.31 Å². The van der Waals surface area contributed by atoms with Gasteiger partial charge < -0.3 is 10.1 Å². The molecule has 1 aliphatic heterocycles. The largest absolute Gasteiger partial charge is 0.379 e. The number of aryl methyl sites for hydroxylation is 1. The molecule has 0 bridgehead atoms. The highest BCUT2D eigenvalue weighted by molar-refractivity contribution is 7.89. The number of aromatic nitrogens is 1. The third-order valence-corrected chi connectivity index (χ3v) is 6.43. The van der Waals surface area contributed by atoms with Crippen LogP contribution in [0.5, 0.6) is 0 Å².